The van der Waals surface area contributed by atoms with Crippen molar-refractivity contribution in [1.29, 1.82) is 0 Å². The van der Waals surface area contributed by atoms with Gasteiger partial charge in [0.15, 0.2) is 5.75 Å². The number of aromatic nitrogens is 2. The number of rotatable bonds is 8. The normalized spacial score (nSPS) is 10.4. The Balaban J connectivity index is 2.28. The van der Waals surface area contributed by atoms with Crippen molar-refractivity contribution in [3.63, 3.8) is 0 Å². The van der Waals surface area contributed by atoms with Crippen molar-refractivity contribution in [1.82, 2.24) is 15.1 Å². The fraction of sp³-hybridized carbons (Fsp3) is 0.583. The molecule has 90 valence electrons. The van der Waals surface area contributed by atoms with E-state index >= 15 is 0 Å². The molecule has 1 heterocycles. The molecular weight excluding hydrogens is 202 g/mol. The fourth-order valence-corrected chi connectivity index (χ4v) is 1.31. The molecule has 0 bridgehead atoms. The highest BCUT2D eigenvalue weighted by atomic mass is 16.5. The van der Waals surface area contributed by atoms with Crippen LogP contribution < -0.4 is 10.1 Å². The highest BCUT2D eigenvalue weighted by Gasteiger charge is 2.00. The molecule has 0 fully saturated rings. The van der Waals surface area contributed by atoms with E-state index in [4.69, 9.17) is 4.74 Å². The second-order valence-corrected chi connectivity index (χ2v) is 3.76. The Morgan fingerprint density at radius 2 is 2.38 bits per heavy atom. The van der Waals surface area contributed by atoms with E-state index in [1.165, 1.54) is 0 Å². The first-order valence-corrected chi connectivity index (χ1v) is 5.78. The van der Waals surface area contributed by atoms with Gasteiger partial charge in [-0.3, -0.25) is 4.68 Å². The van der Waals surface area contributed by atoms with E-state index in [2.05, 4.69) is 30.8 Å². The Kier molecular flexibility index (Phi) is 5.64. The molecule has 0 aromatic carbocycles. The summed E-state index contributed by atoms with van der Waals surface area (Å²) in [5.74, 6) is 0.811. The van der Waals surface area contributed by atoms with E-state index in [1.807, 2.05) is 10.9 Å². The summed E-state index contributed by atoms with van der Waals surface area (Å²) in [6, 6.07) is 0. The van der Waals surface area contributed by atoms with E-state index in [9.17, 15) is 0 Å². The minimum absolute atomic E-state index is 0.546. The summed E-state index contributed by atoms with van der Waals surface area (Å²) < 4.78 is 7.46. The molecule has 1 rings (SSSR count). The molecule has 0 amide bonds. The first-order valence-electron chi connectivity index (χ1n) is 5.78. The maximum absolute atomic E-state index is 5.57. The summed E-state index contributed by atoms with van der Waals surface area (Å²) in [5.41, 5.74) is 1.05. The van der Waals surface area contributed by atoms with Gasteiger partial charge < -0.3 is 10.1 Å². The monoisotopic (exact) mass is 223 g/mol. The Labute approximate surface area is 97.3 Å². The SMILES string of the molecule is C=C(CNCC)COc1cnn(CCC)c1. The molecular formula is C12H21N3O. The standard InChI is InChI=1S/C12H21N3O/c1-4-6-15-9-12(8-14-15)16-10-11(3)7-13-5-2/h8-9,13H,3-7,10H2,1-2H3. The fourth-order valence-electron chi connectivity index (χ4n) is 1.31. The summed E-state index contributed by atoms with van der Waals surface area (Å²) in [6.45, 7) is 11.4. The number of likely N-dealkylation sites (N-methyl/N-ethyl adjacent to an activating group) is 1. The molecule has 0 unspecified atom stereocenters. The summed E-state index contributed by atoms with van der Waals surface area (Å²) >= 11 is 0. The number of hydrogen-bond donors (Lipinski definition) is 1. The third-order valence-electron chi connectivity index (χ3n) is 2.13. The van der Waals surface area contributed by atoms with Gasteiger partial charge in [0.25, 0.3) is 0 Å². The molecule has 4 nitrogen and oxygen atoms in total. The summed E-state index contributed by atoms with van der Waals surface area (Å²) in [5, 5.41) is 7.40. The maximum Gasteiger partial charge on any atom is 0.157 e. The highest BCUT2D eigenvalue weighted by Crippen LogP contribution is 2.09. The molecule has 0 aliphatic rings. The average Bonchev–Trinajstić information content (AvgIpc) is 2.72. The van der Waals surface area contributed by atoms with Gasteiger partial charge in [0.1, 0.15) is 6.61 Å². The molecule has 0 saturated carbocycles. The average molecular weight is 223 g/mol. The van der Waals surface area contributed by atoms with Gasteiger partial charge in [-0.15, -0.1) is 0 Å². The molecule has 16 heavy (non-hydrogen) atoms. The van der Waals surface area contributed by atoms with Gasteiger partial charge in [-0.1, -0.05) is 20.4 Å². The van der Waals surface area contributed by atoms with Crippen LogP contribution in [0.5, 0.6) is 5.75 Å². The second kappa shape index (κ2) is 7.06. The zero-order chi connectivity index (χ0) is 11.8. The molecule has 1 aromatic rings. The Morgan fingerprint density at radius 1 is 1.56 bits per heavy atom. The number of ether oxygens (including phenoxy) is 1. The van der Waals surface area contributed by atoms with Crippen molar-refractivity contribution in [3.8, 4) is 5.75 Å². The van der Waals surface area contributed by atoms with Gasteiger partial charge in [0, 0.05) is 13.1 Å². The Hall–Kier alpha value is -1.29. The lowest BCUT2D eigenvalue weighted by Gasteiger charge is -2.06. The van der Waals surface area contributed by atoms with Crippen molar-refractivity contribution >= 4 is 0 Å². The second-order valence-electron chi connectivity index (χ2n) is 3.76. The van der Waals surface area contributed by atoms with E-state index in [-0.39, 0.29) is 0 Å². The van der Waals surface area contributed by atoms with Gasteiger partial charge in [-0.25, -0.2) is 0 Å². The minimum Gasteiger partial charge on any atom is -0.486 e. The molecule has 0 saturated heterocycles. The van der Waals surface area contributed by atoms with Crippen LogP contribution in [0, 0.1) is 0 Å². The van der Waals surface area contributed by atoms with Crippen LogP contribution in [-0.2, 0) is 6.54 Å². The van der Waals surface area contributed by atoms with Gasteiger partial charge in [-0.2, -0.15) is 5.10 Å². The highest BCUT2D eigenvalue weighted by molar-refractivity contribution is 5.13. The topological polar surface area (TPSA) is 39.1 Å². The van der Waals surface area contributed by atoms with Crippen molar-refractivity contribution < 1.29 is 4.74 Å². The largest absolute Gasteiger partial charge is 0.486 e. The van der Waals surface area contributed by atoms with Crippen molar-refractivity contribution in [2.24, 2.45) is 0 Å². The zero-order valence-electron chi connectivity index (χ0n) is 10.2. The van der Waals surface area contributed by atoms with Crippen molar-refractivity contribution in [3.05, 3.63) is 24.5 Å². The third kappa shape index (κ3) is 4.49. The van der Waals surface area contributed by atoms with Crippen LogP contribution >= 0.6 is 0 Å². The number of nitrogens with one attached hydrogen (secondary N) is 1. The van der Waals surface area contributed by atoms with Crippen LogP contribution in [-0.4, -0.2) is 29.5 Å². The van der Waals surface area contributed by atoms with Gasteiger partial charge >= 0.3 is 0 Å². The van der Waals surface area contributed by atoms with Crippen LogP contribution in [0.2, 0.25) is 0 Å². The van der Waals surface area contributed by atoms with E-state index < -0.39 is 0 Å². The van der Waals surface area contributed by atoms with Crippen molar-refractivity contribution in [2.45, 2.75) is 26.8 Å². The lowest BCUT2D eigenvalue weighted by molar-refractivity contribution is 0.348. The first-order chi connectivity index (χ1) is 7.76. The molecule has 0 spiro atoms. The van der Waals surface area contributed by atoms with Gasteiger partial charge in [0.2, 0.25) is 0 Å². The molecule has 0 atom stereocenters. The maximum atomic E-state index is 5.57. The van der Waals surface area contributed by atoms with Crippen LogP contribution in [0.15, 0.2) is 24.5 Å². The van der Waals surface area contributed by atoms with E-state index in [0.29, 0.717) is 6.61 Å². The van der Waals surface area contributed by atoms with Gasteiger partial charge in [0.05, 0.1) is 12.4 Å². The summed E-state index contributed by atoms with van der Waals surface area (Å²) in [7, 11) is 0. The molecule has 1 aromatic heterocycles. The van der Waals surface area contributed by atoms with Crippen LogP contribution in [0.4, 0.5) is 0 Å². The van der Waals surface area contributed by atoms with Gasteiger partial charge in [-0.05, 0) is 18.5 Å². The molecule has 1 N–H and O–H groups in total. The van der Waals surface area contributed by atoms with E-state index in [1.54, 1.807) is 6.20 Å². The van der Waals surface area contributed by atoms with E-state index in [0.717, 1.165) is 37.4 Å². The summed E-state index contributed by atoms with van der Waals surface area (Å²) in [6.07, 6.45) is 4.74. The molecule has 4 heteroatoms. The Morgan fingerprint density at radius 3 is 3.06 bits per heavy atom. The molecule has 0 aliphatic heterocycles. The predicted octanol–water partition coefficient (Wildman–Crippen LogP) is 1.84. The van der Waals surface area contributed by atoms with Crippen molar-refractivity contribution in [2.75, 3.05) is 19.7 Å². The predicted molar refractivity (Wildman–Crippen MR) is 65.7 cm³/mol. The van der Waals surface area contributed by atoms with Crippen LogP contribution in [0.3, 0.4) is 0 Å². The first kappa shape index (κ1) is 12.8. The van der Waals surface area contributed by atoms with Crippen LogP contribution in [0.1, 0.15) is 20.3 Å². The van der Waals surface area contributed by atoms with Crippen LogP contribution in [0.25, 0.3) is 0 Å². The number of hydrogen-bond acceptors (Lipinski definition) is 3. The quantitative estimate of drug-likeness (QED) is 0.683. The minimum atomic E-state index is 0.546. The summed E-state index contributed by atoms with van der Waals surface area (Å²) in [4.78, 5) is 0. The number of aryl methyl sites for hydroxylation is 1. The smallest absolute Gasteiger partial charge is 0.157 e. The Bertz CT molecular complexity index is 320. The molecule has 0 aliphatic carbocycles. The zero-order valence-corrected chi connectivity index (χ0v) is 10.2. The lowest BCUT2D eigenvalue weighted by Crippen LogP contribution is -2.18. The third-order valence-corrected chi connectivity index (χ3v) is 2.13. The number of nitrogens with zero attached hydrogens (tertiary/aromatic N) is 2. The molecule has 0 radical (unpaired) electrons. The lowest BCUT2D eigenvalue weighted by atomic mass is 10.3.